The summed E-state index contributed by atoms with van der Waals surface area (Å²) in [6.07, 6.45) is 7.48. The molecule has 0 spiro atoms. The van der Waals surface area contributed by atoms with Crippen LogP contribution in [0, 0.1) is 5.92 Å². The summed E-state index contributed by atoms with van der Waals surface area (Å²) < 4.78 is 5.37. The number of hydrogen-bond donors (Lipinski definition) is 0. The lowest BCUT2D eigenvalue weighted by Gasteiger charge is -2.22. The average Bonchev–Trinajstić information content (AvgIpc) is 2.48. The molecule has 1 unspecified atom stereocenters. The minimum atomic E-state index is -0.132. The number of rotatable bonds is 4. The Balaban J connectivity index is 1.96. The third kappa shape index (κ3) is 3.82. The van der Waals surface area contributed by atoms with E-state index in [2.05, 4.69) is 12.1 Å². The van der Waals surface area contributed by atoms with Crippen LogP contribution in [0.2, 0.25) is 0 Å². The molecule has 0 saturated heterocycles. The van der Waals surface area contributed by atoms with Gasteiger partial charge in [0.2, 0.25) is 0 Å². The summed E-state index contributed by atoms with van der Waals surface area (Å²) in [7, 11) is 0. The molecule has 1 aliphatic carbocycles. The van der Waals surface area contributed by atoms with Crippen LogP contribution < -0.4 is 4.74 Å². The monoisotopic (exact) mass is 260 g/mol. The fraction of sp³-hybridized carbons (Fsp3) is 0.588. The number of benzene rings is 1. The van der Waals surface area contributed by atoms with Gasteiger partial charge in [0.15, 0.2) is 0 Å². The lowest BCUT2D eigenvalue weighted by molar-refractivity contribution is -0.138. The number of carbonyl (C=O) groups excluding carboxylic acids is 1. The molecular weight excluding hydrogens is 236 g/mol. The largest absolute Gasteiger partial charge is 0.426 e. The highest BCUT2D eigenvalue weighted by atomic mass is 16.5. The van der Waals surface area contributed by atoms with Crippen LogP contribution in [0.1, 0.15) is 63.9 Å². The Morgan fingerprint density at radius 1 is 1.21 bits per heavy atom. The van der Waals surface area contributed by atoms with Gasteiger partial charge < -0.3 is 4.74 Å². The van der Waals surface area contributed by atoms with E-state index in [-0.39, 0.29) is 11.9 Å². The van der Waals surface area contributed by atoms with Gasteiger partial charge >= 0.3 is 5.97 Å². The first-order valence-corrected chi connectivity index (χ1v) is 7.52. The van der Waals surface area contributed by atoms with E-state index in [9.17, 15) is 4.79 Å². The van der Waals surface area contributed by atoms with Crippen LogP contribution in [-0.4, -0.2) is 5.97 Å². The standard InChI is InChI=1S/C17H24O2/c1-3-13(2)17(18)19-16-11-9-15(10-12-16)14-7-5-4-6-8-14/h9-14H,3-8H2,1-2H3. The van der Waals surface area contributed by atoms with Crippen LogP contribution in [0.5, 0.6) is 5.75 Å². The highest BCUT2D eigenvalue weighted by Crippen LogP contribution is 2.33. The summed E-state index contributed by atoms with van der Waals surface area (Å²) in [6.45, 7) is 3.90. The molecule has 2 nitrogen and oxygen atoms in total. The third-order valence-corrected chi connectivity index (χ3v) is 4.19. The maximum absolute atomic E-state index is 11.7. The molecule has 0 bridgehead atoms. The summed E-state index contributed by atoms with van der Waals surface area (Å²) in [5, 5.41) is 0. The van der Waals surface area contributed by atoms with Crippen molar-refractivity contribution >= 4 is 5.97 Å². The van der Waals surface area contributed by atoms with E-state index in [1.807, 2.05) is 26.0 Å². The number of hydrogen-bond acceptors (Lipinski definition) is 2. The van der Waals surface area contributed by atoms with Gasteiger partial charge in [-0.2, -0.15) is 0 Å². The fourth-order valence-electron chi connectivity index (χ4n) is 2.63. The highest BCUT2D eigenvalue weighted by Gasteiger charge is 2.16. The predicted octanol–water partition coefficient (Wildman–Crippen LogP) is 4.69. The van der Waals surface area contributed by atoms with Crippen LogP contribution in [0.4, 0.5) is 0 Å². The maximum atomic E-state index is 11.7. The Labute approximate surface area is 116 Å². The average molecular weight is 260 g/mol. The summed E-state index contributed by atoms with van der Waals surface area (Å²) in [6, 6.07) is 8.11. The van der Waals surface area contributed by atoms with Gasteiger partial charge in [-0.3, -0.25) is 4.79 Å². The van der Waals surface area contributed by atoms with Crippen molar-refractivity contribution in [3.63, 3.8) is 0 Å². The first-order valence-electron chi connectivity index (χ1n) is 7.52. The highest BCUT2D eigenvalue weighted by molar-refractivity contribution is 5.74. The zero-order valence-corrected chi connectivity index (χ0v) is 12.0. The van der Waals surface area contributed by atoms with Crippen molar-refractivity contribution in [3.8, 4) is 5.75 Å². The first kappa shape index (κ1) is 14.1. The quantitative estimate of drug-likeness (QED) is 0.580. The van der Waals surface area contributed by atoms with E-state index >= 15 is 0 Å². The lowest BCUT2D eigenvalue weighted by atomic mass is 9.84. The molecular formula is C17H24O2. The molecule has 1 fully saturated rings. The van der Waals surface area contributed by atoms with E-state index in [4.69, 9.17) is 4.74 Å². The molecule has 104 valence electrons. The minimum Gasteiger partial charge on any atom is -0.426 e. The second-order valence-electron chi connectivity index (χ2n) is 5.63. The predicted molar refractivity (Wildman–Crippen MR) is 77.4 cm³/mol. The lowest BCUT2D eigenvalue weighted by Crippen LogP contribution is -2.16. The van der Waals surface area contributed by atoms with Gasteiger partial charge in [-0.05, 0) is 42.9 Å². The Hall–Kier alpha value is -1.31. The van der Waals surface area contributed by atoms with Gasteiger partial charge in [0, 0.05) is 0 Å². The molecule has 0 aromatic heterocycles. The molecule has 0 aliphatic heterocycles. The van der Waals surface area contributed by atoms with E-state index < -0.39 is 0 Å². The Kier molecular flexibility index (Phi) is 5.00. The van der Waals surface area contributed by atoms with Crippen molar-refractivity contribution in [1.82, 2.24) is 0 Å². The van der Waals surface area contributed by atoms with Crippen LogP contribution in [-0.2, 0) is 4.79 Å². The van der Waals surface area contributed by atoms with Crippen molar-refractivity contribution in [2.45, 2.75) is 58.3 Å². The molecule has 19 heavy (non-hydrogen) atoms. The molecule has 1 aromatic rings. The summed E-state index contributed by atoms with van der Waals surface area (Å²) in [5.74, 6) is 1.21. The van der Waals surface area contributed by atoms with Crippen LogP contribution in [0.25, 0.3) is 0 Å². The third-order valence-electron chi connectivity index (χ3n) is 4.19. The summed E-state index contributed by atoms with van der Waals surface area (Å²) >= 11 is 0. The second kappa shape index (κ2) is 6.74. The van der Waals surface area contributed by atoms with E-state index in [0.717, 1.165) is 6.42 Å². The molecule has 0 heterocycles. The van der Waals surface area contributed by atoms with Crippen molar-refractivity contribution in [1.29, 1.82) is 0 Å². The van der Waals surface area contributed by atoms with Crippen molar-refractivity contribution < 1.29 is 9.53 Å². The maximum Gasteiger partial charge on any atom is 0.314 e. The van der Waals surface area contributed by atoms with Crippen LogP contribution >= 0.6 is 0 Å². The fourth-order valence-corrected chi connectivity index (χ4v) is 2.63. The summed E-state index contributed by atoms with van der Waals surface area (Å²) in [4.78, 5) is 11.7. The Morgan fingerprint density at radius 2 is 1.84 bits per heavy atom. The molecule has 0 radical (unpaired) electrons. The normalized spacial score (nSPS) is 18.0. The van der Waals surface area contributed by atoms with Gasteiger partial charge in [0.1, 0.15) is 5.75 Å². The zero-order chi connectivity index (χ0) is 13.7. The smallest absolute Gasteiger partial charge is 0.314 e. The van der Waals surface area contributed by atoms with Gasteiger partial charge in [0.05, 0.1) is 5.92 Å². The second-order valence-corrected chi connectivity index (χ2v) is 5.63. The van der Waals surface area contributed by atoms with Gasteiger partial charge in [0.25, 0.3) is 0 Å². The molecule has 2 rings (SSSR count). The van der Waals surface area contributed by atoms with Gasteiger partial charge in [-0.1, -0.05) is 45.2 Å². The molecule has 2 heteroatoms. The van der Waals surface area contributed by atoms with Gasteiger partial charge in [-0.25, -0.2) is 0 Å². The first-order chi connectivity index (χ1) is 9.20. The molecule has 1 aliphatic rings. The molecule has 1 atom stereocenters. The number of esters is 1. The number of ether oxygens (including phenoxy) is 1. The molecule has 1 aromatic carbocycles. The Bertz CT molecular complexity index is 402. The molecule has 1 saturated carbocycles. The van der Waals surface area contributed by atoms with E-state index in [1.54, 1.807) is 0 Å². The van der Waals surface area contributed by atoms with Crippen molar-refractivity contribution in [2.24, 2.45) is 5.92 Å². The zero-order valence-electron chi connectivity index (χ0n) is 12.0. The van der Waals surface area contributed by atoms with Crippen molar-refractivity contribution in [3.05, 3.63) is 29.8 Å². The van der Waals surface area contributed by atoms with Crippen molar-refractivity contribution in [2.75, 3.05) is 0 Å². The number of carbonyl (C=O) groups is 1. The van der Waals surface area contributed by atoms with Crippen LogP contribution in [0.15, 0.2) is 24.3 Å². The molecule has 0 N–H and O–H groups in total. The minimum absolute atomic E-state index is 0.0296. The van der Waals surface area contributed by atoms with Crippen LogP contribution in [0.3, 0.4) is 0 Å². The molecule has 0 amide bonds. The SMILES string of the molecule is CCC(C)C(=O)Oc1ccc(C2CCCCC2)cc1. The topological polar surface area (TPSA) is 26.3 Å². The van der Waals surface area contributed by atoms with Gasteiger partial charge in [-0.15, -0.1) is 0 Å². The van der Waals surface area contributed by atoms with E-state index in [1.165, 1.54) is 37.7 Å². The summed E-state index contributed by atoms with van der Waals surface area (Å²) in [5.41, 5.74) is 1.39. The van der Waals surface area contributed by atoms with E-state index in [0.29, 0.717) is 11.7 Å². The Morgan fingerprint density at radius 3 is 2.42 bits per heavy atom.